The van der Waals surface area contributed by atoms with Crippen LogP contribution in [0.3, 0.4) is 0 Å². The Balaban J connectivity index is 1.15. The smallest absolute Gasteiger partial charge is 0.0547 e. The van der Waals surface area contributed by atoms with Crippen molar-refractivity contribution in [3.8, 4) is 44.8 Å². The second-order valence-electron chi connectivity index (χ2n) is 15.0. The maximum absolute atomic E-state index is 2.46. The van der Waals surface area contributed by atoms with E-state index in [2.05, 4.69) is 205 Å². The van der Waals surface area contributed by atoms with E-state index in [-0.39, 0.29) is 5.41 Å². The van der Waals surface area contributed by atoms with Crippen LogP contribution in [0.15, 0.2) is 182 Å². The standard InChI is InChI=1S/C51H36N2/c1-51(2)45-21-13-12-20-39(45)42-31-44-43-28-34(24-27-47(43)52(50(44)32-46(42)51)37-16-8-4-9-17-37)36-23-26-41-40-25-22-35(33-14-6-3-7-15-33)29-48(40)53(49(41)30-36)38-18-10-5-11-19-38/h3-32H,1-2H3. The molecular weight excluding hydrogens is 641 g/mol. The highest BCUT2D eigenvalue weighted by Gasteiger charge is 2.36. The van der Waals surface area contributed by atoms with E-state index in [4.69, 9.17) is 0 Å². The van der Waals surface area contributed by atoms with Gasteiger partial charge in [-0.25, -0.2) is 0 Å². The average molecular weight is 677 g/mol. The minimum atomic E-state index is -0.0717. The highest BCUT2D eigenvalue weighted by atomic mass is 15.0. The van der Waals surface area contributed by atoms with Crippen LogP contribution >= 0.6 is 0 Å². The number of fused-ring (bicyclic) bond motifs is 9. The van der Waals surface area contributed by atoms with Crippen LogP contribution in [0.5, 0.6) is 0 Å². The second-order valence-corrected chi connectivity index (χ2v) is 15.0. The van der Waals surface area contributed by atoms with E-state index in [1.807, 2.05) is 0 Å². The lowest BCUT2D eigenvalue weighted by Gasteiger charge is -2.21. The molecule has 0 amide bonds. The van der Waals surface area contributed by atoms with Crippen molar-refractivity contribution in [1.82, 2.24) is 9.13 Å². The number of benzene rings is 8. The van der Waals surface area contributed by atoms with E-state index in [1.54, 1.807) is 0 Å². The highest BCUT2D eigenvalue weighted by molar-refractivity contribution is 6.14. The molecule has 0 fully saturated rings. The molecule has 2 heterocycles. The van der Waals surface area contributed by atoms with E-state index < -0.39 is 0 Å². The van der Waals surface area contributed by atoms with E-state index in [9.17, 15) is 0 Å². The molecule has 0 unspecified atom stereocenters. The molecule has 0 spiro atoms. The molecule has 0 N–H and O–H groups in total. The number of para-hydroxylation sites is 2. The Morgan fingerprint density at radius 2 is 0.811 bits per heavy atom. The van der Waals surface area contributed by atoms with Crippen LogP contribution in [0.1, 0.15) is 25.0 Å². The van der Waals surface area contributed by atoms with Gasteiger partial charge in [-0.3, -0.25) is 0 Å². The zero-order valence-corrected chi connectivity index (χ0v) is 29.7. The Hall–Kier alpha value is -6.64. The molecule has 0 saturated carbocycles. The van der Waals surface area contributed by atoms with Crippen LogP contribution < -0.4 is 0 Å². The quantitative estimate of drug-likeness (QED) is 0.176. The normalized spacial score (nSPS) is 13.2. The lowest BCUT2D eigenvalue weighted by Crippen LogP contribution is -2.14. The highest BCUT2D eigenvalue weighted by Crippen LogP contribution is 2.51. The van der Waals surface area contributed by atoms with Gasteiger partial charge >= 0.3 is 0 Å². The molecule has 2 nitrogen and oxygen atoms in total. The van der Waals surface area contributed by atoms with Gasteiger partial charge in [-0.2, -0.15) is 0 Å². The van der Waals surface area contributed by atoms with Gasteiger partial charge in [0, 0.05) is 38.3 Å². The predicted octanol–water partition coefficient (Wildman–Crippen LogP) is 13.5. The molecule has 1 aliphatic rings. The van der Waals surface area contributed by atoms with Crippen LogP contribution in [0.4, 0.5) is 0 Å². The number of rotatable bonds is 4. The van der Waals surface area contributed by atoms with Crippen LogP contribution in [0, 0.1) is 0 Å². The summed E-state index contributed by atoms with van der Waals surface area (Å²) < 4.78 is 4.89. The maximum atomic E-state index is 2.46. The molecule has 2 aromatic heterocycles. The van der Waals surface area contributed by atoms with Gasteiger partial charge in [-0.15, -0.1) is 0 Å². The first-order valence-electron chi connectivity index (χ1n) is 18.5. The van der Waals surface area contributed by atoms with Gasteiger partial charge in [0.05, 0.1) is 22.1 Å². The SMILES string of the molecule is CC1(C)c2ccccc2-c2cc3c4cc(-c5ccc6c7ccc(-c8ccccc8)cc7n(-c7ccccc7)c6c5)ccc4n(-c4ccccc4)c3cc21. The van der Waals surface area contributed by atoms with Gasteiger partial charge in [-0.1, -0.05) is 135 Å². The lowest BCUT2D eigenvalue weighted by atomic mass is 9.82. The molecule has 0 bridgehead atoms. The molecule has 250 valence electrons. The molecule has 1 aliphatic carbocycles. The zero-order valence-electron chi connectivity index (χ0n) is 29.7. The summed E-state index contributed by atoms with van der Waals surface area (Å²) in [5.74, 6) is 0. The fraction of sp³-hybridized carbons (Fsp3) is 0.0588. The molecule has 0 radical (unpaired) electrons. The maximum Gasteiger partial charge on any atom is 0.0547 e. The minimum Gasteiger partial charge on any atom is -0.309 e. The minimum absolute atomic E-state index is 0.0717. The third-order valence-electron chi connectivity index (χ3n) is 11.7. The van der Waals surface area contributed by atoms with Gasteiger partial charge < -0.3 is 9.13 Å². The van der Waals surface area contributed by atoms with Crippen molar-refractivity contribution >= 4 is 43.6 Å². The van der Waals surface area contributed by atoms with Crippen molar-refractivity contribution in [3.63, 3.8) is 0 Å². The van der Waals surface area contributed by atoms with Crippen molar-refractivity contribution in [2.45, 2.75) is 19.3 Å². The van der Waals surface area contributed by atoms with Gasteiger partial charge in [0.1, 0.15) is 0 Å². The Labute approximate surface area is 308 Å². The first kappa shape index (κ1) is 30.0. The number of nitrogens with zero attached hydrogens (tertiary/aromatic N) is 2. The monoisotopic (exact) mass is 676 g/mol. The molecule has 8 aromatic carbocycles. The fourth-order valence-electron chi connectivity index (χ4n) is 9.11. The molecule has 10 aromatic rings. The summed E-state index contributed by atoms with van der Waals surface area (Å²) >= 11 is 0. The van der Waals surface area contributed by atoms with Crippen molar-refractivity contribution in [2.24, 2.45) is 0 Å². The van der Waals surface area contributed by atoms with E-state index >= 15 is 0 Å². The van der Waals surface area contributed by atoms with Gasteiger partial charge in [0.25, 0.3) is 0 Å². The van der Waals surface area contributed by atoms with E-state index in [0.29, 0.717) is 0 Å². The molecule has 0 saturated heterocycles. The second kappa shape index (κ2) is 11.2. The van der Waals surface area contributed by atoms with Crippen molar-refractivity contribution in [1.29, 1.82) is 0 Å². The van der Waals surface area contributed by atoms with Crippen LogP contribution in [0.2, 0.25) is 0 Å². The molecule has 53 heavy (non-hydrogen) atoms. The van der Waals surface area contributed by atoms with Crippen LogP contribution in [0.25, 0.3) is 88.4 Å². The van der Waals surface area contributed by atoms with Crippen LogP contribution in [-0.4, -0.2) is 9.13 Å². The van der Waals surface area contributed by atoms with Gasteiger partial charge in [0.15, 0.2) is 0 Å². The largest absolute Gasteiger partial charge is 0.309 e. The number of hydrogen-bond donors (Lipinski definition) is 0. The van der Waals surface area contributed by atoms with Gasteiger partial charge in [-0.05, 0) is 105 Å². The van der Waals surface area contributed by atoms with Gasteiger partial charge in [0.2, 0.25) is 0 Å². The molecule has 0 aliphatic heterocycles. The predicted molar refractivity (Wildman–Crippen MR) is 224 cm³/mol. The fourth-order valence-corrected chi connectivity index (χ4v) is 9.11. The van der Waals surface area contributed by atoms with E-state index in [0.717, 1.165) is 5.69 Å². The van der Waals surface area contributed by atoms with E-state index in [1.165, 1.54) is 93.8 Å². The molecule has 0 atom stereocenters. The topological polar surface area (TPSA) is 9.86 Å². The molecule has 11 rings (SSSR count). The zero-order chi connectivity index (χ0) is 35.3. The van der Waals surface area contributed by atoms with Crippen molar-refractivity contribution in [3.05, 3.63) is 193 Å². The number of hydrogen-bond acceptors (Lipinski definition) is 0. The molecular formula is C51H36N2. The summed E-state index contributed by atoms with van der Waals surface area (Å²) in [7, 11) is 0. The van der Waals surface area contributed by atoms with Crippen molar-refractivity contribution in [2.75, 3.05) is 0 Å². The Morgan fingerprint density at radius 3 is 1.47 bits per heavy atom. The average Bonchev–Trinajstić information content (AvgIpc) is 3.80. The summed E-state index contributed by atoms with van der Waals surface area (Å²) in [6, 6.07) is 67.1. The third-order valence-corrected chi connectivity index (χ3v) is 11.7. The summed E-state index contributed by atoms with van der Waals surface area (Å²) in [6.07, 6.45) is 0. The first-order chi connectivity index (χ1) is 26.0. The third kappa shape index (κ3) is 4.39. The summed E-state index contributed by atoms with van der Waals surface area (Å²) in [6.45, 7) is 4.73. The molecule has 2 heteroatoms. The summed E-state index contributed by atoms with van der Waals surface area (Å²) in [5, 5.41) is 5.06. The summed E-state index contributed by atoms with van der Waals surface area (Å²) in [5.41, 5.74) is 17.5. The Bertz CT molecular complexity index is 3050. The lowest BCUT2D eigenvalue weighted by molar-refractivity contribution is 0.661. The Morgan fingerprint density at radius 1 is 0.321 bits per heavy atom. The van der Waals surface area contributed by atoms with Crippen molar-refractivity contribution < 1.29 is 0 Å². The summed E-state index contributed by atoms with van der Waals surface area (Å²) in [4.78, 5) is 0. The first-order valence-corrected chi connectivity index (χ1v) is 18.5. The Kier molecular flexibility index (Phi) is 6.33. The van der Waals surface area contributed by atoms with Crippen LogP contribution in [-0.2, 0) is 5.41 Å². The number of aromatic nitrogens is 2.